The van der Waals surface area contributed by atoms with E-state index in [0.29, 0.717) is 0 Å². The van der Waals surface area contributed by atoms with Crippen molar-refractivity contribution in [2.24, 2.45) is 0 Å². The lowest BCUT2D eigenvalue weighted by Crippen LogP contribution is -2.43. The minimum atomic E-state index is -0.00565. The molecule has 116 valence electrons. The average Bonchev–Trinajstić information content (AvgIpc) is 3.11. The van der Waals surface area contributed by atoms with Crippen LogP contribution in [0.4, 0.5) is 0 Å². The fourth-order valence-corrected chi connectivity index (χ4v) is 3.23. The number of nitrogens with zero attached hydrogens (tertiary/aromatic N) is 1. The second kappa shape index (κ2) is 7.54. The van der Waals surface area contributed by atoms with Crippen LogP contribution in [-0.2, 0) is 4.74 Å². The summed E-state index contributed by atoms with van der Waals surface area (Å²) in [6, 6.07) is 13.9. The van der Waals surface area contributed by atoms with Crippen LogP contribution in [0, 0.1) is 0 Å². The van der Waals surface area contributed by atoms with E-state index in [2.05, 4.69) is 22.3 Å². The molecule has 1 aromatic carbocycles. The Morgan fingerprint density at radius 1 is 1.18 bits per heavy atom. The SMILES string of the molecule is O=C(NC(CN1CCOCC1)c1ccccc1)c1cccs1. The highest BCUT2D eigenvalue weighted by Gasteiger charge is 2.20. The van der Waals surface area contributed by atoms with Gasteiger partial charge in [-0.1, -0.05) is 36.4 Å². The van der Waals surface area contributed by atoms with Crippen LogP contribution in [0.3, 0.4) is 0 Å². The van der Waals surface area contributed by atoms with Crippen molar-refractivity contribution >= 4 is 17.2 Å². The van der Waals surface area contributed by atoms with Crippen LogP contribution < -0.4 is 5.32 Å². The van der Waals surface area contributed by atoms with Crippen LogP contribution >= 0.6 is 11.3 Å². The molecule has 0 aliphatic carbocycles. The van der Waals surface area contributed by atoms with E-state index in [0.717, 1.165) is 43.3 Å². The third kappa shape index (κ3) is 3.94. The topological polar surface area (TPSA) is 41.6 Å². The maximum atomic E-state index is 12.4. The number of benzene rings is 1. The highest BCUT2D eigenvalue weighted by atomic mass is 32.1. The number of hydrogen-bond donors (Lipinski definition) is 1. The third-order valence-electron chi connectivity index (χ3n) is 3.80. The minimum absolute atomic E-state index is 0.00267. The average molecular weight is 316 g/mol. The van der Waals surface area contributed by atoms with E-state index in [4.69, 9.17) is 4.74 Å². The third-order valence-corrected chi connectivity index (χ3v) is 4.67. The molecule has 3 rings (SSSR count). The Morgan fingerprint density at radius 2 is 1.95 bits per heavy atom. The number of thiophene rings is 1. The fourth-order valence-electron chi connectivity index (χ4n) is 2.60. The second-order valence-electron chi connectivity index (χ2n) is 5.33. The molecule has 1 fully saturated rings. The number of amides is 1. The zero-order valence-electron chi connectivity index (χ0n) is 12.4. The summed E-state index contributed by atoms with van der Waals surface area (Å²) in [4.78, 5) is 15.5. The van der Waals surface area contributed by atoms with Crippen molar-refractivity contribution in [2.75, 3.05) is 32.8 Å². The molecule has 1 amide bonds. The summed E-state index contributed by atoms with van der Waals surface area (Å²) in [6.45, 7) is 4.17. The molecule has 2 heterocycles. The predicted octanol–water partition coefficient (Wildman–Crippen LogP) is 2.55. The summed E-state index contributed by atoms with van der Waals surface area (Å²) in [7, 11) is 0. The Labute approximate surface area is 134 Å². The molecule has 0 radical (unpaired) electrons. The molecule has 2 aromatic rings. The van der Waals surface area contributed by atoms with Gasteiger partial charge in [0, 0.05) is 19.6 Å². The maximum absolute atomic E-state index is 12.4. The number of carbonyl (C=O) groups excluding carboxylic acids is 1. The molecule has 1 aliphatic heterocycles. The Kier molecular flexibility index (Phi) is 5.21. The Morgan fingerprint density at radius 3 is 2.64 bits per heavy atom. The monoisotopic (exact) mass is 316 g/mol. The molecule has 22 heavy (non-hydrogen) atoms. The molecule has 1 atom stereocenters. The van der Waals surface area contributed by atoms with Crippen LogP contribution in [-0.4, -0.2) is 43.7 Å². The van der Waals surface area contributed by atoms with Gasteiger partial charge in [0.1, 0.15) is 0 Å². The van der Waals surface area contributed by atoms with E-state index in [1.54, 1.807) is 0 Å². The standard InChI is InChI=1S/C17H20N2O2S/c20-17(16-7-4-12-22-16)18-15(14-5-2-1-3-6-14)13-19-8-10-21-11-9-19/h1-7,12,15H,8-11,13H2,(H,18,20). The summed E-state index contributed by atoms with van der Waals surface area (Å²) < 4.78 is 5.40. The summed E-state index contributed by atoms with van der Waals surface area (Å²) in [5.41, 5.74) is 1.14. The molecule has 1 N–H and O–H groups in total. The van der Waals surface area contributed by atoms with Crippen molar-refractivity contribution in [3.8, 4) is 0 Å². The number of ether oxygens (including phenoxy) is 1. The number of carbonyl (C=O) groups is 1. The first-order chi connectivity index (χ1) is 10.8. The molecule has 1 unspecified atom stereocenters. The molecule has 0 saturated carbocycles. The van der Waals surface area contributed by atoms with Gasteiger partial charge in [0.25, 0.3) is 5.91 Å². The van der Waals surface area contributed by atoms with Gasteiger partial charge in [-0.15, -0.1) is 11.3 Å². The van der Waals surface area contributed by atoms with Gasteiger partial charge in [-0.05, 0) is 17.0 Å². The highest BCUT2D eigenvalue weighted by molar-refractivity contribution is 7.12. The molecule has 1 aliphatic rings. The van der Waals surface area contributed by atoms with Crippen molar-refractivity contribution in [3.63, 3.8) is 0 Å². The first-order valence-corrected chi connectivity index (χ1v) is 8.40. The van der Waals surface area contributed by atoms with Crippen LogP contribution in [0.25, 0.3) is 0 Å². The quantitative estimate of drug-likeness (QED) is 0.922. The largest absolute Gasteiger partial charge is 0.379 e. The van der Waals surface area contributed by atoms with Crippen molar-refractivity contribution < 1.29 is 9.53 Å². The van der Waals surface area contributed by atoms with E-state index < -0.39 is 0 Å². The molecule has 4 nitrogen and oxygen atoms in total. The lowest BCUT2D eigenvalue weighted by Gasteiger charge is -2.31. The lowest BCUT2D eigenvalue weighted by atomic mass is 10.1. The number of nitrogens with one attached hydrogen (secondary N) is 1. The number of hydrogen-bond acceptors (Lipinski definition) is 4. The highest BCUT2D eigenvalue weighted by Crippen LogP contribution is 2.17. The Bertz CT molecular complexity index is 580. The molecule has 5 heteroatoms. The summed E-state index contributed by atoms with van der Waals surface area (Å²) >= 11 is 1.47. The van der Waals surface area contributed by atoms with Gasteiger partial charge in [-0.3, -0.25) is 9.69 Å². The predicted molar refractivity (Wildman–Crippen MR) is 88.2 cm³/mol. The van der Waals surface area contributed by atoms with E-state index in [1.165, 1.54) is 11.3 Å². The van der Waals surface area contributed by atoms with Gasteiger partial charge in [0.2, 0.25) is 0 Å². The zero-order valence-corrected chi connectivity index (χ0v) is 13.2. The molecular weight excluding hydrogens is 296 g/mol. The van der Waals surface area contributed by atoms with Gasteiger partial charge in [0.05, 0.1) is 24.1 Å². The molecular formula is C17H20N2O2S. The van der Waals surface area contributed by atoms with Crippen LogP contribution in [0.1, 0.15) is 21.3 Å². The first-order valence-electron chi connectivity index (χ1n) is 7.52. The minimum Gasteiger partial charge on any atom is -0.379 e. The molecule has 1 aromatic heterocycles. The summed E-state index contributed by atoms with van der Waals surface area (Å²) in [6.07, 6.45) is 0. The Balaban J connectivity index is 1.72. The Hall–Kier alpha value is -1.69. The van der Waals surface area contributed by atoms with Crippen LogP contribution in [0.2, 0.25) is 0 Å². The second-order valence-corrected chi connectivity index (χ2v) is 6.27. The summed E-state index contributed by atoms with van der Waals surface area (Å²) in [5, 5.41) is 5.10. The van der Waals surface area contributed by atoms with E-state index in [9.17, 15) is 4.79 Å². The lowest BCUT2D eigenvalue weighted by molar-refractivity contribution is 0.0332. The molecule has 0 bridgehead atoms. The fraction of sp³-hybridized carbons (Fsp3) is 0.353. The zero-order chi connectivity index (χ0) is 15.2. The smallest absolute Gasteiger partial charge is 0.261 e. The normalized spacial score (nSPS) is 17.1. The van der Waals surface area contributed by atoms with Gasteiger partial charge in [0.15, 0.2) is 0 Å². The van der Waals surface area contributed by atoms with Crippen molar-refractivity contribution in [1.29, 1.82) is 0 Å². The maximum Gasteiger partial charge on any atom is 0.261 e. The molecule has 1 saturated heterocycles. The molecule has 0 spiro atoms. The van der Waals surface area contributed by atoms with Gasteiger partial charge >= 0.3 is 0 Å². The van der Waals surface area contributed by atoms with Gasteiger partial charge in [-0.2, -0.15) is 0 Å². The van der Waals surface area contributed by atoms with Crippen LogP contribution in [0.5, 0.6) is 0 Å². The van der Waals surface area contributed by atoms with Gasteiger partial charge < -0.3 is 10.1 Å². The van der Waals surface area contributed by atoms with Crippen molar-refractivity contribution in [3.05, 3.63) is 58.3 Å². The van der Waals surface area contributed by atoms with Crippen LogP contribution in [0.15, 0.2) is 47.8 Å². The van der Waals surface area contributed by atoms with E-state index >= 15 is 0 Å². The van der Waals surface area contributed by atoms with E-state index in [1.807, 2.05) is 35.7 Å². The first kappa shape index (κ1) is 15.2. The van der Waals surface area contributed by atoms with Crippen molar-refractivity contribution in [2.45, 2.75) is 6.04 Å². The number of rotatable bonds is 5. The van der Waals surface area contributed by atoms with Gasteiger partial charge in [-0.25, -0.2) is 0 Å². The number of morpholine rings is 1. The van der Waals surface area contributed by atoms with E-state index in [-0.39, 0.29) is 11.9 Å². The summed E-state index contributed by atoms with van der Waals surface area (Å²) in [5.74, 6) is -0.00267. The van der Waals surface area contributed by atoms with Crippen molar-refractivity contribution in [1.82, 2.24) is 10.2 Å².